The number of benzene rings is 2. The summed E-state index contributed by atoms with van der Waals surface area (Å²) in [5, 5.41) is 8.25. The molecule has 0 radical (unpaired) electrons. The summed E-state index contributed by atoms with van der Waals surface area (Å²) >= 11 is 9.53. The third-order valence-electron chi connectivity index (χ3n) is 3.57. The van der Waals surface area contributed by atoms with Crippen LogP contribution in [0, 0.1) is 6.92 Å². The van der Waals surface area contributed by atoms with Gasteiger partial charge in [-0.2, -0.15) is 9.36 Å². The summed E-state index contributed by atoms with van der Waals surface area (Å²) < 4.78 is 9.14. The maximum atomic E-state index is 12.1. The van der Waals surface area contributed by atoms with Gasteiger partial charge in [-0.25, -0.2) is 4.79 Å². The van der Waals surface area contributed by atoms with E-state index in [0.717, 1.165) is 15.6 Å². The van der Waals surface area contributed by atoms with Crippen molar-refractivity contribution < 1.29 is 4.74 Å². The summed E-state index contributed by atoms with van der Waals surface area (Å²) in [6, 6.07) is 11.0. The first-order valence-electron chi connectivity index (χ1n) is 7.13. The predicted octanol–water partition coefficient (Wildman–Crippen LogP) is 3.27. The van der Waals surface area contributed by atoms with E-state index in [2.05, 4.69) is 26.4 Å². The molecule has 6 nitrogen and oxygen atoms in total. The second-order valence-electron chi connectivity index (χ2n) is 5.23. The van der Waals surface area contributed by atoms with Gasteiger partial charge in [0.1, 0.15) is 12.4 Å². The fourth-order valence-electron chi connectivity index (χ4n) is 2.23. The highest BCUT2D eigenvalue weighted by Gasteiger charge is 2.14. The molecular formula is C16H14BrClN4O2. The molecule has 24 heavy (non-hydrogen) atoms. The number of aromatic nitrogens is 4. The maximum Gasteiger partial charge on any atom is 0.368 e. The average molecular weight is 410 g/mol. The van der Waals surface area contributed by atoms with E-state index in [1.807, 2.05) is 31.2 Å². The number of hydrogen-bond acceptors (Lipinski definition) is 4. The molecule has 0 unspecified atom stereocenters. The Hall–Kier alpha value is -2.12. The lowest BCUT2D eigenvalue weighted by Crippen LogP contribution is -2.23. The standard InChI is InChI=1S/C16H14BrClN4O2/c1-10-6-7-11(18)8-15(10)24-9-12-13(17)4-3-5-14(12)22-16(23)21(2)19-20-22/h3-8H,9H2,1-2H3. The normalized spacial score (nSPS) is 10.8. The molecule has 1 heterocycles. The molecule has 0 amide bonds. The van der Waals surface area contributed by atoms with Crippen molar-refractivity contribution in [3.8, 4) is 11.4 Å². The van der Waals surface area contributed by atoms with Gasteiger partial charge in [-0.1, -0.05) is 39.7 Å². The third kappa shape index (κ3) is 3.22. The van der Waals surface area contributed by atoms with Crippen molar-refractivity contribution in [1.29, 1.82) is 0 Å². The lowest BCUT2D eigenvalue weighted by atomic mass is 10.2. The van der Waals surface area contributed by atoms with E-state index in [4.69, 9.17) is 16.3 Å². The molecule has 0 N–H and O–H groups in total. The van der Waals surface area contributed by atoms with Crippen molar-refractivity contribution in [2.75, 3.05) is 0 Å². The van der Waals surface area contributed by atoms with E-state index < -0.39 is 0 Å². The molecule has 2 aromatic carbocycles. The molecule has 0 aliphatic rings. The van der Waals surface area contributed by atoms with Crippen molar-refractivity contribution in [2.45, 2.75) is 13.5 Å². The number of hydrogen-bond donors (Lipinski definition) is 0. The van der Waals surface area contributed by atoms with Gasteiger partial charge in [0.15, 0.2) is 0 Å². The smallest absolute Gasteiger partial charge is 0.368 e. The summed E-state index contributed by atoms with van der Waals surface area (Å²) in [5.74, 6) is 0.690. The minimum atomic E-state index is -0.326. The maximum absolute atomic E-state index is 12.1. The molecule has 3 aromatic rings. The van der Waals surface area contributed by atoms with Gasteiger partial charge in [-0.3, -0.25) is 0 Å². The second-order valence-corrected chi connectivity index (χ2v) is 6.52. The van der Waals surface area contributed by atoms with E-state index in [1.54, 1.807) is 19.2 Å². The van der Waals surface area contributed by atoms with E-state index in [-0.39, 0.29) is 12.3 Å². The highest BCUT2D eigenvalue weighted by Crippen LogP contribution is 2.27. The monoisotopic (exact) mass is 408 g/mol. The van der Waals surface area contributed by atoms with Crippen LogP contribution in [0.3, 0.4) is 0 Å². The van der Waals surface area contributed by atoms with Crippen LogP contribution in [-0.4, -0.2) is 19.8 Å². The van der Waals surface area contributed by atoms with Crippen molar-refractivity contribution in [3.05, 3.63) is 67.5 Å². The Labute approximate surface area is 151 Å². The van der Waals surface area contributed by atoms with E-state index in [1.165, 1.54) is 9.36 Å². The first kappa shape index (κ1) is 16.7. The van der Waals surface area contributed by atoms with Crippen molar-refractivity contribution in [1.82, 2.24) is 19.8 Å². The lowest BCUT2D eigenvalue weighted by Gasteiger charge is -2.13. The molecule has 8 heteroatoms. The summed E-state index contributed by atoms with van der Waals surface area (Å²) in [6.07, 6.45) is 0. The van der Waals surface area contributed by atoms with Crippen LogP contribution in [0.1, 0.15) is 11.1 Å². The Balaban J connectivity index is 1.98. The van der Waals surface area contributed by atoms with Gasteiger partial charge in [0.05, 0.1) is 5.69 Å². The number of rotatable bonds is 4. The van der Waals surface area contributed by atoms with Crippen molar-refractivity contribution in [3.63, 3.8) is 0 Å². The Kier molecular flexibility index (Phi) is 4.73. The van der Waals surface area contributed by atoms with E-state index in [9.17, 15) is 4.79 Å². The van der Waals surface area contributed by atoms with Gasteiger partial charge >= 0.3 is 5.69 Å². The fourth-order valence-corrected chi connectivity index (χ4v) is 2.87. The van der Waals surface area contributed by atoms with Crippen LogP contribution in [0.25, 0.3) is 5.69 Å². The zero-order valence-corrected chi connectivity index (χ0v) is 15.4. The third-order valence-corrected chi connectivity index (χ3v) is 4.54. The number of halogens is 2. The Morgan fingerprint density at radius 1 is 1.25 bits per heavy atom. The van der Waals surface area contributed by atoms with Gasteiger partial charge < -0.3 is 4.74 Å². The van der Waals surface area contributed by atoms with Crippen LogP contribution in [0.5, 0.6) is 5.75 Å². The zero-order valence-electron chi connectivity index (χ0n) is 13.0. The SMILES string of the molecule is Cc1ccc(Cl)cc1OCc1c(Br)cccc1-n1nnn(C)c1=O. The van der Waals surface area contributed by atoms with Crippen LogP contribution in [-0.2, 0) is 13.7 Å². The average Bonchev–Trinajstić information content (AvgIpc) is 2.88. The molecule has 0 aliphatic heterocycles. The van der Waals surface area contributed by atoms with Gasteiger partial charge in [-0.15, -0.1) is 0 Å². The highest BCUT2D eigenvalue weighted by molar-refractivity contribution is 9.10. The molecule has 0 saturated carbocycles. The van der Waals surface area contributed by atoms with Crippen LogP contribution < -0.4 is 10.4 Å². The second kappa shape index (κ2) is 6.78. The summed E-state index contributed by atoms with van der Waals surface area (Å²) in [5.41, 5.74) is 2.06. The quantitative estimate of drug-likeness (QED) is 0.663. The molecular weight excluding hydrogens is 396 g/mol. The number of tetrazole rings is 1. The highest BCUT2D eigenvalue weighted by atomic mass is 79.9. The van der Waals surface area contributed by atoms with Crippen molar-refractivity contribution in [2.24, 2.45) is 7.05 Å². The lowest BCUT2D eigenvalue weighted by molar-refractivity contribution is 0.302. The summed E-state index contributed by atoms with van der Waals surface area (Å²) in [4.78, 5) is 12.1. The van der Waals surface area contributed by atoms with Crippen LogP contribution in [0.4, 0.5) is 0 Å². The van der Waals surface area contributed by atoms with Crippen LogP contribution in [0.2, 0.25) is 5.02 Å². The number of aryl methyl sites for hydroxylation is 2. The minimum Gasteiger partial charge on any atom is -0.488 e. The van der Waals surface area contributed by atoms with E-state index in [0.29, 0.717) is 16.5 Å². The van der Waals surface area contributed by atoms with Crippen molar-refractivity contribution >= 4 is 27.5 Å². The molecule has 0 aliphatic carbocycles. The van der Waals surface area contributed by atoms with Gasteiger partial charge in [0, 0.05) is 22.1 Å². The minimum absolute atomic E-state index is 0.251. The fraction of sp³-hybridized carbons (Fsp3) is 0.188. The van der Waals surface area contributed by atoms with Gasteiger partial charge in [0.25, 0.3) is 0 Å². The molecule has 124 valence electrons. The predicted molar refractivity (Wildman–Crippen MR) is 94.8 cm³/mol. The molecule has 0 atom stereocenters. The Morgan fingerprint density at radius 2 is 2.04 bits per heavy atom. The molecule has 1 aromatic heterocycles. The molecule has 3 rings (SSSR count). The number of nitrogens with zero attached hydrogens (tertiary/aromatic N) is 4. The first-order valence-corrected chi connectivity index (χ1v) is 8.30. The zero-order chi connectivity index (χ0) is 17.3. The molecule has 0 fully saturated rings. The largest absolute Gasteiger partial charge is 0.488 e. The Bertz CT molecular complexity index is 951. The van der Waals surface area contributed by atoms with E-state index >= 15 is 0 Å². The molecule has 0 bridgehead atoms. The topological polar surface area (TPSA) is 61.9 Å². The van der Waals surface area contributed by atoms with Crippen LogP contribution in [0.15, 0.2) is 45.7 Å². The molecule has 0 spiro atoms. The van der Waals surface area contributed by atoms with Gasteiger partial charge in [0.2, 0.25) is 0 Å². The Morgan fingerprint density at radius 3 is 2.75 bits per heavy atom. The number of ether oxygens (including phenoxy) is 1. The molecule has 0 saturated heterocycles. The summed E-state index contributed by atoms with van der Waals surface area (Å²) in [7, 11) is 1.55. The van der Waals surface area contributed by atoms with Crippen LogP contribution >= 0.6 is 27.5 Å². The summed E-state index contributed by atoms with van der Waals surface area (Å²) in [6.45, 7) is 2.20. The first-order chi connectivity index (χ1) is 11.5. The van der Waals surface area contributed by atoms with Gasteiger partial charge in [-0.05, 0) is 47.2 Å².